The van der Waals surface area contributed by atoms with E-state index in [-0.39, 0.29) is 30.2 Å². The smallest absolute Gasteiger partial charge is 0.260 e. The molecule has 0 radical (unpaired) electrons. The van der Waals surface area contributed by atoms with E-state index < -0.39 is 11.4 Å². The Morgan fingerprint density at radius 3 is 2.47 bits per heavy atom. The van der Waals surface area contributed by atoms with Crippen molar-refractivity contribution in [2.45, 2.75) is 45.4 Å². The van der Waals surface area contributed by atoms with Crippen molar-refractivity contribution in [1.82, 2.24) is 25.1 Å². The van der Waals surface area contributed by atoms with Crippen LogP contribution in [0.2, 0.25) is 0 Å². The Labute approximate surface area is 208 Å². The molecule has 184 valence electrons. The van der Waals surface area contributed by atoms with Crippen LogP contribution in [0.4, 0.5) is 4.39 Å². The molecule has 3 heterocycles. The van der Waals surface area contributed by atoms with Crippen molar-refractivity contribution < 1.29 is 14.0 Å². The summed E-state index contributed by atoms with van der Waals surface area (Å²) >= 11 is 0. The third-order valence-corrected chi connectivity index (χ3v) is 6.59. The highest BCUT2D eigenvalue weighted by Crippen LogP contribution is 2.36. The van der Waals surface area contributed by atoms with Crippen LogP contribution >= 0.6 is 0 Å². The molecule has 9 heteroatoms. The fourth-order valence-corrected chi connectivity index (χ4v) is 5.01. The average molecular weight is 487 g/mol. The number of carbonyl (C=O) groups excluding carboxylic acids is 2. The summed E-state index contributed by atoms with van der Waals surface area (Å²) in [6.45, 7) is 4.88. The molecule has 2 aromatic carbocycles. The highest BCUT2D eigenvalue weighted by Gasteiger charge is 2.51. The lowest BCUT2D eigenvalue weighted by molar-refractivity contribution is -0.132. The number of rotatable bonds is 6. The van der Waals surface area contributed by atoms with Crippen LogP contribution in [-0.2, 0) is 30.0 Å². The second kappa shape index (κ2) is 9.14. The SMILES string of the molecule is CC(C)CC1(c2cccc(F)c2)NC(=N)N(Cc2cccc(C(=O)N3Cc4nccnc4C3)c2)C1=O. The van der Waals surface area contributed by atoms with E-state index in [1.165, 1.54) is 17.0 Å². The summed E-state index contributed by atoms with van der Waals surface area (Å²) in [6.07, 6.45) is 3.64. The monoisotopic (exact) mass is 486 g/mol. The van der Waals surface area contributed by atoms with E-state index in [2.05, 4.69) is 15.3 Å². The van der Waals surface area contributed by atoms with Gasteiger partial charge in [-0.1, -0.05) is 38.1 Å². The summed E-state index contributed by atoms with van der Waals surface area (Å²) in [5.41, 5.74) is 2.07. The van der Waals surface area contributed by atoms with Crippen LogP contribution in [0.15, 0.2) is 60.9 Å². The Morgan fingerprint density at radius 2 is 1.81 bits per heavy atom. The molecule has 2 N–H and O–H groups in total. The van der Waals surface area contributed by atoms with Gasteiger partial charge in [0.25, 0.3) is 11.8 Å². The van der Waals surface area contributed by atoms with Gasteiger partial charge in [-0.15, -0.1) is 0 Å². The number of hydrogen-bond donors (Lipinski definition) is 2. The topological polar surface area (TPSA) is 102 Å². The zero-order valence-corrected chi connectivity index (χ0v) is 20.2. The van der Waals surface area contributed by atoms with Gasteiger partial charge in [0.05, 0.1) is 31.0 Å². The molecule has 3 aromatic rings. The summed E-state index contributed by atoms with van der Waals surface area (Å²) in [5.74, 6) is -0.821. The Kier molecular flexibility index (Phi) is 5.99. The standard InChI is InChI=1S/C27H27FN6O2/c1-17(2)13-27(20-7-4-8-21(28)12-20)25(36)34(26(29)32-27)14-18-5-3-6-19(11-18)24(35)33-15-22-23(16-33)31-10-9-30-22/h3-12,17H,13-16H2,1-2H3,(H2,29,32). The Hall–Kier alpha value is -4.14. The molecule has 1 aromatic heterocycles. The van der Waals surface area contributed by atoms with Crippen molar-refractivity contribution in [3.8, 4) is 0 Å². The van der Waals surface area contributed by atoms with Crippen molar-refractivity contribution in [2.75, 3.05) is 0 Å². The molecule has 2 aliphatic heterocycles. The molecule has 2 amide bonds. The maximum atomic E-state index is 14.1. The summed E-state index contributed by atoms with van der Waals surface area (Å²) in [4.78, 5) is 38.6. The van der Waals surface area contributed by atoms with Crippen LogP contribution in [-0.4, -0.2) is 37.5 Å². The van der Waals surface area contributed by atoms with E-state index in [0.29, 0.717) is 36.2 Å². The number of guanidine groups is 1. The van der Waals surface area contributed by atoms with Crippen molar-refractivity contribution in [1.29, 1.82) is 5.41 Å². The molecule has 2 aliphatic rings. The molecule has 36 heavy (non-hydrogen) atoms. The quantitative estimate of drug-likeness (QED) is 0.555. The van der Waals surface area contributed by atoms with E-state index in [4.69, 9.17) is 5.41 Å². The molecular weight excluding hydrogens is 459 g/mol. The van der Waals surface area contributed by atoms with Gasteiger partial charge in [-0.2, -0.15) is 0 Å². The fraction of sp³-hybridized carbons (Fsp3) is 0.296. The van der Waals surface area contributed by atoms with E-state index in [1.807, 2.05) is 19.9 Å². The first kappa shape index (κ1) is 23.6. The van der Waals surface area contributed by atoms with Gasteiger partial charge >= 0.3 is 0 Å². The van der Waals surface area contributed by atoms with Gasteiger partial charge in [0, 0.05) is 18.0 Å². The predicted octanol–water partition coefficient (Wildman–Crippen LogP) is 3.58. The minimum Gasteiger partial charge on any atom is -0.338 e. The highest BCUT2D eigenvalue weighted by molar-refractivity contribution is 6.08. The molecule has 0 bridgehead atoms. The molecule has 8 nitrogen and oxygen atoms in total. The lowest BCUT2D eigenvalue weighted by atomic mass is 9.82. The lowest BCUT2D eigenvalue weighted by Crippen LogP contribution is -2.45. The number of nitrogens with one attached hydrogen (secondary N) is 2. The van der Waals surface area contributed by atoms with Crippen LogP contribution in [0.25, 0.3) is 0 Å². The van der Waals surface area contributed by atoms with Crippen molar-refractivity contribution >= 4 is 17.8 Å². The molecule has 0 aliphatic carbocycles. The second-order valence-corrected chi connectivity index (χ2v) is 9.69. The van der Waals surface area contributed by atoms with Crippen LogP contribution in [0.5, 0.6) is 0 Å². The Morgan fingerprint density at radius 1 is 1.11 bits per heavy atom. The van der Waals surface area contributed by atoms with Crippen molar-refractivity contribution in [3.05, 3.63) is 94.8 Å². The number of nitrogens with zero attached hydrogens (tertiary/aromatic N) is 4. The minimum absolute atomic E-state index is 0.0474. The molecule has 5 rings (SSSR count). The number of halogens is 1. The number of carbonyl (C=O) groups is 2. The van der Waals surface area contributed by atoms with Gasteiger partial charge in [0.1, 0.15) is 11.4 Å². The van der Waals surface area contributed by atoms with Crippen molar-refractivity contribution in [2.24, 2.45) is 5.92 Å². The Bertz CT molecular complexity index is 1330. The zero-order valence-electron chi connectivity index (χ0n) is 20.2. The number of aromatic nitrogens is 2. The number of amides is 2. The largest absolute Gasteiger partial charge is 0.338 e. The molecule has 1 atom stereocenters. The molecule has 1 fully saturated rings. The van der Waals surface area contributed by atoms with E-state index in [9.17, 15) is 14.0 Å². The van der Waals surface area contributed by atoms with E-state index >= 15 is 0 Å². The van der Waals surface area contributed by atoms with Crippen LogP contribution < -0.4 is 5.32 Å². The minimum atomic E-state index is -1.22. The van der Waals surface area contributed by atoms with Crippen LogP contribution in [0.3, 0.4) is 0 Å². The second-order valence-electron chi connectivity index (χ2n) is 9.69. The van der Waals surface area contributed by atoms with Gasteiger partial charge in [0.15, 0.2) is 5.96 Å². The third kappa shape index (κ3) is 4.21. The van der Waals surface area contributed by atoms with E-state index in [0.717, 1.165) is 11.4 Å². The normalized spacial score (nSPS) is 19.1. The molecule has 0 spiro atoms. The predicted molar refractivity (Wildman–Crippen MR) is 131 cm³/mol. The first-order valence-corrected chi connectivity index (χ1v) is 11.9. The summed E-state index contributed by atoms with van der Waals surface area (Å²) < 4.78 is 14.1. The highest BCUT2D eigenvalue weighted by atomic mass is 19.1. The third-order valence-electron chi connectivity index (χ3n) is 6.59. The summed E-state index contributed by atoms with van der Waals surface area (Å²) in [5, 5.41) is 11.6. The van der Waals surface area contributed by atoms with Crippen LogP contribution in [0.1, 0.15) is 53.1 Å². The van der Waals surface area contributed by atoms with Crippen molar-refractivity contribution in [3.63, 3.8) is 0 Å². The van der Waals surface area contributed by atoms with Gasteiger partial charge in [-0.25, -0.2) is 4.39 Å². The maximum Gasteiger partial charge on any atom is 0.260 e. The molecule has 1 saturated heterocycles. The number of hydrogen-bond acceptors (Lipinski definition) is 5. The van der Waals surface area contributed by atoms with E-state index in [1.54, 1.807) is 47.6 Å². The Balaban J connectivity index is 1.38. The van der Waals surface area contributed by atoms with Gasteiger partial charge < -0.3 is 10.2 Å². The first-order chi connectivity index (χ1) is 17.3. The molecule has 1 unspecified atom stereocenters. The van der Waals surface area contributed by atoms with Gasteiger partial charge in [-0.3, -0.25) is 29.9 Å². The lowest BCUT2D eigenvalue weighted by Gasteiger charge is -2.29. The number of fused-ring (bicyclic) bond motifs is 1. The summed E-state index contributed by atoms with van der Waals surface area (Å²) in [6, 6.07) is 13.1. The molecule has 0 saturated carbocycles. The summed E-state index contributed by atoms with van der Waals surface area (Å²) in [7, 11) is 0. The number of benzene rings is 2. The average Bonchev–Trinajstić information content (AvgIpc) is 3.39. The zero-order chi connectivity index (χ0) is 25.4. The van der Waals surface area contributed by atoms with Gasteiger partial charge in [-0.05, 0) is 47.7 Å². The van der Waals surface area contributed by atoms with Crippen LogP contribution in [0, 0.1) is 17.1 Å². The first-order valence-electron chi connectivity index (χ1n) is 11.9. The van der Waals surface area contributed by atoms with Gasteiger partial charge in [0.2, 0.25) is 0 Å². The maximum absolute atomic E-state index is 14.1. The molecular formula is C27H27FN6O2. The fourth-order valence-electron chi connectivity index (χ4n) is 5.01.